The Morgan fingerprint density at radius 1 is 1.38 bits per heavy atom. The molecule has 3 rings (SSSR count). The number of hydrogen-bond donors (Lipinski definition) is 1. The number of hydrogen-bond acceptors (Lipinski definition) is 3. The molecular formula is C15H19ClN4O. The number of nitrogens with zero attached hydrogens (tertiary/aromatic N) is 3. The van der Waals surface area contributed by atoms with Gasteiger partial charge < -0.3 is 10.6 Å². The molecule has 0 spiro atoms. The van der Waals surface area contributed by atoms with Crippen molar-refractivity contribution in [2.75, 3.05) is 17.2 Å². The number of amides is 1. The van der Waals surface area contributed by atoms with Crippen LogP contribution >= 0.6 is 12.4 Å². The second-order valence-electron chi connectivity index (χ2n) is 5.17. The number of halogens is 1. The number of anilines is 2. The van der Waals surface area contributed by atoms with Crippen molar-refractivity contribution in [1.82, 2.24) is 9.78 Å². The molecule has 0 aliphatic carbocycles. The molecule has 0 radical (unpaired) electrons. The van der Waals surface area contributed by atoms with Crippen LogP contribution in [-0.4, -0.2) is 22.2 Å². The summed E-state index contributed by atoms with van der Waals surface area (Å²) in [6, 6.07) is 5.76. The maximum absolute atomic E-state index is 12.7. The molecule has 0 saturated heterocycles. The van der Waals surface area contributed by atoms with Crippen molar-refractivity contribution in [1.29, 1.82) is 0 Å². The molecule has 21 heavy (non-hydrogen) atoms. The van der Waals surface area contributed by atoms with E-state index in [2.05, 4.69) is 5.10 Å². The van der Waals surface area contributed by atoms with Gasteiger partial charge in [-0.2, -0.15) is 5.10 Å². The van der Waals surface area contributed by atoms with E-state index in [9.17, 15) is 4.79 Å². The third-order valence-corrected chi connectivity index (χ3v) is 4.00. The monoisotopic (exact) mass is 306 g/mol. The van der Waals surface area contributed by atoms with Crippen LogP contribution in [0.15, 0.2) is 24.4 Å². The van der Waals surface area contributed by atoms with Crippen LogP contribution in [-0.2, 0) is 13.5 Å². The van der Waals surface area contributed by atoms with Gasteiger partial charge in [-0.3, -0.25) is 9.48 Å². The molecule has 0 unspecified atom stereocenters. The first-order chi connectivity index (χ1) is 9.59. The van der Waals surface area contributed by atoms with Gasteiger partial charge in [-0.15, -0.1) is 12.4 Å². The number of aromatic nitrogens is 2. The molecule has 2 N–H and O–H groups in total. The molecule has 112 valence electrons. The number of nitrogens with two attached hydrogens (primary N) is 1. The Hall–Kier alpha value is -2.01. The molecule has 0 bridgehead atoms. The van der Waals surface area contributed by atoms with Gasteiger partial charge in [-0.05, 0) is 37.5 Å². The molecule has 2 heterocycles. The SMILES string of the molecule is Cc1c(C(=O)N2CCCc3c(N)cccc32)cnn1C.Cl. The minimum Gasteiger partial charge on any atom is -0.398 e. The summed E-state index contributed by atoms with van der Waals surface area (Å²) in [5.41, 5.74) is 10.3. The zero-order valence-electron chi connectivity index (χ0n) is 12.2. The normalized spacial score (nSPS) is 13.5. The van der Waals surface area contributed by atoms with Gasteiger partial charge in [-0.25, -0.2) is 0 Å². The fourth-order valence-corrected chi connectivity index (χ4v) is 2.72. The van der Waals surface area contributed by atoms with E-state index in [0.29, 0.717) is 5.56 Å². The van der Waals surface area contributed by atoms with Gasteiger partial charge in [-0.1, -0.05) is 6.07 Å². The zero-order valence-corrected chi connectivity index (χ0v) is 13.0. The highest BCUT2D eigenvalue weighted by atomic mass is 35.5. The second kappa shape index (κ2) is 5.77. The van der Waals surface area contributed by atoms with Crippen LogP contribution in [0.4, 0.5) is 11.4 Å². The second-order valence-corrected chi connectivity index (χ2v) is 5.17. The smallest absolute Gasteiger partial charge is 0.261 e. The number of nitrogen functional groups attached to an aromatic ring is 1. The van der Waals surface area contributed by atoms with Crippen molar-refractivity contribution in [3.05, 3.63) is 41.2 Å². The predicted molar refractivity (Wildman–Crippen MR) is 86.0 cm³/mol. The lowest BCUT2D eigenvalue weighted by atomic mass is 9.99. The molecule has 1 aliphatic rings. The van der Waals surface area contributed by atoms with E-state index in [1.807, 2.05) is 37.1 Å². The first-order valence-electron chi connectivity index (χ1n) is 6.77. The van der Waals surface area contributed by atoms with Crippen LogP contribution in [0, 0.1) is 6.92 Å². The lowest BCUT2D eigenvalue weighted by molar-refractivity contribution is 0.0984. The van der Waals surface area contributed by atoms with Gasteiger partial charge in [0.05, 0.1) is 11.8 Å². The molecule has 1 aromatic carbocycles. The quantitative estimate of drug-likeness (QED) is 0.822. The molecule has 0 atom stereocenters. The zero-order chi connectivity index (χ0) is 14.3. The Bertz CT molecular complexity index is 680. The van der Waals surface area contributed by atoms with E-state index in [1.165, 1.54) is 0 Å². The van der Waals surface area contributed by atoms with Crippen LogP contribution < -0.4 is 10.6 Å². The van der Waals surface area contributed by atoms with Crippen LogP contribution in [0.5, 0.6) is 0 Å². The summed E-state index contributed by atoms with van der Waals surface area (Å²) in [5.74, 6) is 0.00199. The van der Waals surface area contributed by atoms with Crippen molar-refractivity contribution >= 4 is 29.7 Å². The highest BCUT2D eigenvalue weighted by Gasteiger charge is 2.26. The summed E-state index contributed by atoms with van der Waals surface area (Å²) in [5, 5.41) is 4.15. The van der Waals surface area contributed by atoms with Crippen molar-refractivity contribution in [2.45, 2.75) is 19.8 Å². The highest BCUT2D eigenvalue weighted by Crippen LogP contribution is 2.32. The number of carbonyl (C=O) groups excluding carboxylic acids is 1. The van der Waals surface area contributed by atoms with E-state index in [1.54, 1.807) is 10.9 Å². The standard InChI is InChI=1S/C15H18N4O.ClH/c1-10-12(9-17-18(10)2)15(20)19-8-4-5-11-13(16)6-3-7-14(11)19;/h3,6-7,9H,4-5,8,16H2,1-2H3;1H. The van der Waals surface area contributed by atoms with Crippen molar-refractivity contribution in [2.24, 2.45) is 7.05 Å². The average Bonchev–Trinajstić information content (AvgIpc) is 2.78. The van der Waals surface area contributed by atoms with E-state index in [-0.39, 0.29) is 18.3 Å². The number of rotatable bonds is 1. The summed E-state index contributed by atoms with van der Waals surface area (Å²) >= 11 is 0. The summed E-state index contributed by atoms with van der Waals surface area (Å²) in [6.45, 7) is 2.63. The van der Waals surface area contributed by atoms with Crippen LogP contribution in [0.3, 0.4) is 0 Å². The fourth-order valence-electron chi connectivity index (χ4n) is 2.72. The molecule has 1 aromatic heterocycles. The van der Waals surface area contributed by atoms with Crippen LogP contribution in [0.25, 0.3) is 0 Å². The maximum Gasteiger partial charge on any atom is 0.261 e. The van der Waals surface area contributed by atoms with Crippen molar-refractivity contribution in [3.63, 3.8) is 0 Å². The lowest BCUT2D eigenvalue weighted by Crippen LogP contribution is -2.36. The molecule has 1 amide bonds. The van der Waals surface area contributed by atoms with Crippen molar-refractivity contribution in [3.8, 4) is 0 Å². The van der Waals surface area contributed by atoms with Gasteiger partial charge >= 0.3 is 0 Å². The van der Waals surface area contributed by atoms with Gasteiger partial charge in [0, 0.05) is 30.7 Å². The summed E-state index contributed by atoms with van der Waals surface area (Å²) in [4.78, 5) is 14.6. The number of carbonyl (C=O) groups is 1. The number of benzene rings is 1. The lowest BCUT2D eigenvalue weighted by Gasteiger charge is -2.30. The molecule has 0 saturated carbocycles. The average molecular weight is 307 g/mol. The molecule has 6 heteroatoms. The summed E-state index contributed by atoms with van der Waals surface area (Å²) in [7, 11) is 1.84. The van der Waals surface area contributed by atoms with Crippen molar-refractivity contribution < 1.29 is 4.79 Å². The largest absolute Gasteiger partial charge is 0.398 e. The van der Waals surface area contributed by atoms with Gasteiger partial charge in [0.2, 0.25) is 0 Å². The summed E-state index contributed by atoms with van der Waals surface area (Å²) < 4.78 is 1.72. The Labute approximate surface area is 130 Å². The molecule has 1 aliphatic heterocycles. The van der Waals surface area contributed by atoms with Gasteiger partial charge in [0.1, 0.15) is 0 Å². The number of fused-ring (bicyclic) bond motifs is 1. The Morgan fingerprint density at radius 3 is 2.81 bits per heavy atom. The minimum absolute atomic E-state index is 0. The Morgan fingerprint density at radius 2 is 2.14 bits per heavy atom. The predicted octanol–water partition coefficient (Wildman–Crippen LogP) is 2.33. The van der Waals surface area contributed by atoms with Crippen LogP contribution in [0.2, 0.25) is 0 Å². The maximum atomic E-state index is 12.7. The highest BCUT2D eigenvalue weighted by molar-refractivity contribution is 6.07. The van der Waals surface area contributed by atoms with E-state index in [4.69, 9.17) is 5.73 Å². The Kier molecular flexibility index (Phi) is 4.23. The molecule has 5 nitrogen and oxygen atoms in total. The number of aryl methyl sites for hydroxylation is 1. The summed E-state index contributed by atoms with van der Waals surface area (Å²) in [6.07, 6.45) is 3.50. The Balaban J connectivity index is 0.00000161. The minimum atomic E-state index is 0. The van der Waals surface area contributed by atoms with E-state index in [0.717, 1.165) is 42.0 Å². The van der Waals surface area contributed by atoms with E-state index >= 15 is 0 Å². The third kappa shape index (κ3) is 2.49. The fraction of sp³-hybridized carbons (Fsp3) is 0.333. The first-order valence-corrected chi connectivity index (χ1v) is 6.77. The molecular weight excluding hydrogens is 288 g/mol. The van der Waals surface area contributed by atoms with Gasteiger partial charge in [0.15, 0.2) is 0 Å². The van der Waals surface area contributed by atoms with Gasteiger partial charge in [0.25, 0.3) is 5.91 Å². The first kappa shape index (κ1) is 15.4. The topological polar surface area (TPSA) is 64.2 Å². The van der Waals surface area contributed by atoms with Crippen LogP contribution in [0.1, 0.15) is 28.0 Å². The van der Waals surface area contributed by atoms with E-state index < -0.39 is 0 Å². The molecule has 0 fully saturated rings. The third-order valence-electron chi connectivity index (χ3n) is 4.00. The molecule has 2 aromatic rings.